The van der Waals surface area contributed by atoms with Gasteiger partial charge in [0.2, 0.25) is 0 Å². The summed E-state index contributed by atoms with van der Waals surface area (Å²) in [6, 6.07) is 1.89. The Kier molecular flexibility index (Phi) is 5.74. The van der Waals surface area contributed by atoms with Crippen LogP contribution in [0.4, 0.5) is 0 Å². The maximum atomic E-state index is 5.71. The molecule has 0 aliphatic carbocycles. The van der Waals surface area contributed by atoms with Gasteiger partial charge in [-0.05, 0) is 19.4 Å². The highest BCUT2D eigenvalue weighted by Crippen LogP contribution is 2.14. The molecule has 1 atom stereocenters. The second kappa shape index (κ2) is 7.14. The highest BCUT2D eigenvalue weighted by atomic mass is 35.5. The van der Waals surface area contributed by atoms with Crippen LogP contribution in [0.2, 0.25) is 0 Å². The van der Waals surface area contributed by atoms with Crippen LogP contribution in [0, 0.1) is 11.8 Å². The second-order valence-corrected chi connectivity index (χ2v) is 3.83. The molecule has 0 aromatic carbocycles. The fourth-order valence-corrected chi connectivity index (χ4v) is 1.45. The number of rotatable bonds is 4. The predicted octanol–water partition coefficient (Wildman–Crippen LogP) is 3.24. The highest BCUT2D eigenvalue weighted by Gasteiger charge is 2.03. The third-order valence-corrected chi connectivity index (χ3v) is 2.18. The Morgan fingerprint density at radius 2 is 2.31 bits per heavy atom. The standard InChI is InChI=1S/C13H16ClNO/c1-3-5-11(2)16-13-8-12(6-4-7-14)9-15-10-13/h8-11H,3,5,7H2,1-2H3. The van der Waals surface area contributed by atoms with Crippen LogP contribution in [0.25, 0.3) is 0 Å². The summed E-state index contributed by atoms with van der Waals surface area (Å²) in [5.41, 5.74) is 0.835. The van der Waals surface area contributed by atoms with Crippen LogP contribution in [0.3, 0.4) is 0 Å². The lowest BCUT2D eigenvalue weighted by Crippen LogP contribution is -2.11. The number of pyridine rings is 1. The van der Waals surface area contributed by atoms with E-state index >= 15 is 0 Å². The van der Waals surface area contributed by atoms with E-state index in [2.05, 4.69) is 30.7 Å². The maximum absolute atomic E-state index is 5.71. The van der Waals surface area contributed by atoms with Crippen LogP contribution in [-0.2, 0) is 0 Å². The minimum absolute atomic E-state index is 0.211. The number of hydrogen-bond acceptors (Lipinski definition) is 2. The summed E-state index contributed by atoms with van der Waals surface area (Å²) in [7, 11) is 0. The largest absolute Gasteiger partial charge is 0.489 e. The Morgan fingerprint density at radius 3 is 3.00 bits per heavy atom. The summed E-state index contributed by atoms with van der Waals surface area (Å²) in [4.78, 5) is 4.08. The van der Waals surface area contributed by atoms with Crippen molar-refractivity contribution in [2.45, 2.75) is 32.8 Å². The molecule has 0 aliphatic rings. The Morgan fingerprint density at radius 1 is 1.50 bits per heavy atom. The minimum atomic E-state index is 0.211. The topological polar surface area (TPSA) is 22.1 Å². The lowest BCUT2D eigenvalue weighted by atomic mass is 10.2. The van der Waals surface area contributed by atoms with Crippen molar-refractivity contribution in [2.75, 3.05) is 5.88 Å². The smallest absolute Gasteiger partial charge is 0.139 e. The highest BCUT2D eigenvalue weighted by molar-refractivity contribution is 6.19. The van der Waals surface area contributed by atoms with Crippen molar-refractivity contribution in [3.8, 4) is 17.6 Å². The molecule has 1 rings (SSSR count). The number of hydrogen-bond donors (Lipinski definition) is 0. The average molecular weight is 238 g/mol. The van der Waals surface area contributed by atoms with Gasteiger partial charge in [-0.15, -0.1) is 11.6 Å². The Bertz CT molecular complexity index is 381. The molecule has 0 amide bonds. The van der Waals surface area contributed by atoms with E-state index in [1.165, 1.54) is 0 Å². The lowest BCUT2D eigenvalue weighted by Gasteiger charge is -2.13. The van der Waals surface area contributed by atoms with Gasteiger partial charge in [-0.1, -0.05) is 25.2 Å². The normalized spacial score (nSPS) is 11.4. The molecule has 0 saturated heterocycles. The van der Waals surface area contributed by atoms with Gasteiger partial charge in [-0.3, -0.25) is 4.98 Å². The molecule has 1 aromatic heterocycles. The fraction of sp³-hybridized carbons (Fsp3) is 0.462. The zero-order valence-electron chi connectivity index (χ0n) is 9.66. The van der Waals surface area contributed by atoms with Gasteiger partial charge in [0, 0.05) is 11.8 Å². The molecule has 1 aromatic rings. The summed E-state index contributed by atoms with van der Waals surface area (Å²) in [5, 5.41) is 0. The number of ether oxygens (including phenoxy) is 1. The van der Waals surface area contributed by atoms with E-state index in [0.29, 0.717) is 5.88 Å². The van der Waals surface area contributed by atoms with Gasteiger partial charge in [-0.2, -0.15) is 0 Å². The minimum Gasteiger partial charge on any atom is -0.489 e. The summed E-state index contributed by atoms with van der Waals surface area (Å²) in [6.07, 6.45) is 5.77. The van der Waals surface area contributed by atoms with E-state index in [1.54, 1.807) is 12.4 Å². The molecular formula is C13H16ClNO. The van der Waals surface area contributed by atoms with E-state index in [9.17, 15) is 0 Å². The first-order chi connectivity index (χ1) is 7.76. The van der Waals surface area contributed by atoms with Gasteiger partial charge in [0.25, 0.3) is 0 Å². The van der Waals surface area contributed by atoms with Gasteiger partial charge in [-0.25, -0.2) is 0 Å². The molecule has 86 valence electrons. The number of halogens is 1. The molecule has 0 bridgehead atoms. The van der Waals surface area contributed by atoms with Crippen molar-refractivity contribution in [2.24, 2.45) is 0 Å². The van der Waals surface area contributed by atoms with Crippen molar-refractivity contribution in [1.82, 2.24) is 4.98 Å². The first-order valence-electron chi connectivity index (χ1n) is 5.42. The summed E-state index contributed by atoms with van der Waals surface area (Å²) < 4.78 is 5.71. The van der Waals surface area contributed by atoms with Crippen molar-refractivity contribution >= 4 is 11.6 Å². The molecule has 16 heavy (non-hydrogen) atoms. The third kappa shape index (κ3) is 4.55. The van der Waals surface area contributed by atoms with E-state index in [4.69, 9.17) is 16.3 Å². The first kappa shape index (κ1) is 12.9. The van der Waals surface area contributed by atoms with Crippen molar-refractivity contribution in [3.05, 3.63) is 24.0 Å². The zero-order valence-corrected chi connectivity index (χ0v) is 10.4. The van der Waals surface area contributed by atoms with E-state index in [-0.39, 0.29) is 6.10 Å². The van der Waals surface area contributed by atoms with Gasteiger partial charge in [0.05, 0.1) is 18.2 Å². The van der Waals surface area contributed by atoms with Crippen LogP contribution >= 0.6 is 11.6 Å². The fourth-order valence-electron chi connectivity index (χ4n) is 1.38. The van der Waals surface area contributed by atoms with E-state index in [0.717, 1.165) is 24.2 Å². The first-order valence-corrected chi connectivity index (χ1v) is 5.96. The lowest BCUT2D eigenvalue weighted by molar-refractivity contribution is 0.209. The molecule has 1 unspecified atom stereocenters. The Balaban J connectivity index is 2.67. The molecule has 0 saturated carbocycles. The van der Waals surface area contributed by atoms with Crippen molar-refractivity contribution < 1.29 is 4.74 Å². The van der Waals surface area contributed by atoms with Gasteiger partial charge in [0.15, 0.2) is 0 Å². The summed E-state index contributed by atoms with van der Waals surface area (Å²) in [5.74, 6) is 6.80. The molecule has 0 N–H and O–H groups in total. The van der Waals surface area contributed by atoms with Crippen LogP contribution in [0.1, 0.15) is 32.3 Å². The number of alkyl halides is 1. The van der Waals surface area contributed by atoms with E-state index in [1.807, 2.05) is 6.07 Å². The van der Waals surface area contributed by atoms with Crippen molar-refractivity contribution in [3.63, 3.8) is 0 Å². The predicted molar refractivity (Wildman–Crippen MR) is 66.8 cm³/mol. The van der Waals surface area contributed by atoms with Gasteiger partial charge >= 0.3 is 0 Å². The number of nitrogens with zero attached hydrogens (tertiary/aromatic N) is 1. The van der Waals surface area contributed by atoms with Crippen LogP contribution in [-0.4, -0.2) is 17.0 Å². The Hall–Kier alpha value is -1.20. The molecule has 0 aliphatic heterocycles. The average Bonchev–Trinajstić information content (AvgIpc) is 2.27. The summed E-state index contributed by atoms with van der Waals surface area (Å²) in [6.45, 7) is 4.20. The molecular weight excluding hydrogens is 222 g/mol. The van der Waals surface area contributed by atoms with Gasteiger partial charge in [0.1, 0.15) is 5.75 Å². The quantitative estimate of drug-likeness (QED) is 0.593. The molecule has 0 spiro atoms. The summed E-state index contributed by atoms with van der Waals surface area (Å²) >= 11 is 5.49. The molecule has 3 heteroatoms. The van der Waals surface area contributed by atoms with Crippen LogP contribution < -0.4 is 4.74 Å². The molecule has 2 nitrogen and oxygen atoms in total. The SMILES string of the molecule is CCCC(C)Oc1cncc(C#CCCl)c1. The second-order valence-electron chi connectivity index (χ2n) is 3.56. The third-order valence-electron chi connectivity index (χ3n) is 2.05. The molecule has 1 heterocycles. The van der Waals surface area contributed by atoms with Gasteiger partial charge < -0.3 is 4.74 Å². The maximum Gasteiger partial charge on any atom is 0.139 e. The number of aromatic nitrogens is 1. The van der Waals surface area contributed by atoms with E-state index < -0.39 is 0 Å². The molecule has 0 radical (unpaired) electrons. The van der Waals surface area contributed by atoms with Crippen LogP contribution in [0.15, 0.2) is 18.5 Å². The monoisotopic (exact) mass is 237 g/mol. The van der Waals surface area contributed by atoms with Crippen molar-refractivity contribution in [1.29, 1.82) is 0 Å². The zero-order chi connectivity index (χ0) is 11.8. The Labute approximate surface area is 102 Å². The van der Waals surface area contributed by atoms with Crippen LogP contribution in [0.5, 0.6) is 5.75 Å². The molecule has 0 fully saturated rings.